The highest BCUT2D eigenvalue weighted by Gasteiger charge is 2.42. The summed E-state index contributed by atoms with van der Waals surface area (Å²) in [5.41, 5.74) is -0.153. The van der Waals surface area contributed by atoms with Gasteiger partial charge in [0.1, 0.15) is 11.3 Å². The highest BCUT2D eigenvalue weighted by molar-refractivity contribution is 7.98. The third-order valence-electron chi connectivity index (χ3n) is 3.64. The molecule has 1 aliphatic heterocycles. The van der Waals surface area contributed by atoms with Gasteiger partial charge in [-0.3, -0.25) is 9.69 Å². The van der Waals surface area contributed by atoms with E-state index in [0.717, 1.165) is 5.56 Å². The lowest BCUT2D eigenvalue weighted by Gasteiger charge is -2.39. The Balaban J connectivity index is 2.48. The van der Waals surface area contributed by atoms with Crippen molar-refractivity contribution in [3.8, 4) is 0 Å². The SMILES string of the molecule is CSCC1=C(c2ccccc2)C(=O)N(C(C)(C)C(=O)O)CO1. The average molecular weight is 321 g/mol. The van der Waals surface area contributed by atoms with E-state index in [1.807, 2.05) is 36.6 Å². The second-order valence-electron chi connectivity index (χ2n) is 5.47. The van der Waals surface area contributed by atoms with Crippen LogP contribution < -0.4 is 0 Å². The van der Waals surface area contributed by atoms with Crippen molar-refractivity contribution in [1.82, 2.24) is 4.90 Å². The first-order valence-electron chi connectivity index (χ1n) is 6.85. The van der Waals surface area contributed by atoms with Crippen molar-refractivity contribution in [1.29, 1.82) is 0 Å². The Morgan fingerprint density at radius 3 is 2.55 bits per heavy atom. The quantitative estimate of drug-likeness (QED) is 0.902. The molecule has 1 aromatic carbocycles. The van der Waals surface area contributed by atoms with Crippen molar-refractivity contribution in [2.45, 2.75) is 19.4 Å². The van der Waals surface area contributed by atoms with Crippen LogP contribution in [0.3, 0.4) is 0 Å². The molecule has 6 heteroatoms. The summed E-state index contributed by atoms with van der Waals surface area (Å²) in [4.78, 5) is 25.6. The number of carboxylic acids is 1. The number of hydrogen-bond donors (Lipinski definition) is 1. The van der Waals surface area contributed by atoms with Gasteiger partial charge in [-0.25, -0.2) is 4.79 Å². The number of thioether (sulfide) groups is 1. The van der Waals surface area contributed by atoms with E-state index in [-0.39, 0.29) is 12.6 Å². The number of benzene rings is 1. The molecule has 118 valence electrons. The summed E-state index contributed by atoms with van der Waals surface area (Å²) < 4.78 is 5.71. The van der Waals surface area contributed by atoms with E-state index in [1.54, 1.807) is 11.8 Å². The van der Waals surface area contributed by atoms with Crippen LogP contribution in [0.2, 0.25) is 0 Å². The maximum Gasteiger partial charge on any atom is 0.329 e. The highest BCUT2D eigenvalue weighted by Crippen LogP contribution is 2.31. The van der Waals surface area contributed by atoms with E-state index >= 15 is 0 Å². The Kier molecular flexibility index (Phi) is 4.81. The van der Waals surface area contributed by atoms with E-state index in [4.69, 9.17) is 4.74 Å². The Bertz CT molecular complexity index is 610. The van der Waals surface area contributed by atoms with Crippen molar-refractivity contribution in [2.24, 2.45) is 0 Å². The minimum Gasteiger partial charge on any atom is -0.480 e. The molecule has 1 aromatic rings. The van der Waals surface area contributed by atoms with Crippen LogP contribution in [0.5, 0.6) is 0 Å². The smallest absolute Gasteiger partial charge is 0.329 e. The summed E-state index contributed by atoms with van der Waals surface area (Å²) in [7, 11) is 0. The van der Waals surface area contributed by atoms with E-state index < -0.39 is 11.5 Å². The van der Waals surface area contributed by atoms with Crippen LogP contribution >= 0.6 is 11.8 Å². The van der Waals surface area contributed by atoms with E-state index in [9.17, 15) is 14.7 Å². The van der Waals surface area contributed by atoms with Gasteiger partial charge in [-0.15, -0.1) is 0 Å². The van der Waals surface area contributed by atoms with Crippen LogP contribution in [-0.2, 0) is 14.3 Å². The molecule has 2 rings (SSSR count). The average Bonchev–Trinajstić information content (AvgIpc) is 2.48. The molecule has 0 aliphatic carbocycles. The van der Waals surface area contributed by atoms with Crippen LogP contribution in [0.15, 0.2) is 36.1 Å². The van der Waals surface area contributed by atoms with E-state index in [1.165, 1.54) is 18.7 Å². The summed E-state index contributed by atoms with van der Waals surface area (Å²) in [6.45, 7) is 2.95. The normalized spacial score (nSPS) is 15.8. The number of carboxylic acid groups (broad SMARTS) is 1. The molecule has 0 radical (unpaired) electrons. The maximum atomic E-state index is 12.9. The first-order chi connectivity index (χ1) is 10.4. The molecule has 22 heavy (non-hydrogen) atoms. The van der Waals surface area contributed by atoms with Gasteiger partial charge < -0.3 is 9.84 Å². The Morgan fingerprint density at radius 2 is 2.00 bits per heavy atom. The fourth-order valence-electron chi connectivity index (χ4n) is 2.19. The molecule has 0 atom stereocenters. The maximum absolute atomic E-state index is 12.9. The Morgan fingerprint density at radius 1 is 1.36 bits per heavy atom. The Hall–Kier alpha value is -1.95. The van der Waals surface area contributed by atoms with Crippen LogP contribution in [0.4, 0.5) is 0 Å². The van der Waals surface area contributed by atoms with Crippen molar-refractivity contribution < 1.29 is 19.4 Å². The molecule has 5 nitrogen and oxygen atoms in total. The molecule has 0 saturated heterocycles. The number of ether oxygens (including phenoxy) is 1. The molecule has 1 heterocycles. The Labute approximate surface area is 133 Å². The van der Waals surface area contributed by atoms with Crippen LogP contribution in [-0.4, -0.2) is 46.2 Å². The standard InChI is InChI=1S/C16H19NO4S/c1-16(2,15(19)20)17-10-21-12(9-22-3)13(14(17)18)11-7-5-4-6-8-11/h4-8H,9-10H2,1-3H3,(H,19,20). The van der Waals surface area contributed by atoms with Gasteiger partial charge in [-0.05, 0) is 25.7 Å². The second kappa shape index (κ2) is 6.44. The summed E-state index contributed by atoms with van der Waals surface area (Å²) in [5.74, 6) is -0.211. The first kappa shape index (κ1) is 16.4. The number of nitrogens with zero attached hydrogens (tertiary/aromatic N) is 1. The zero-order valence-electron chi connectivity index (χ0n) is 12.8. The van der Waals surface area contributed by atoms with Gasteiger partial charge in [0.15, 0.2) is 6.73 Å². The fraction of sp³-hybridized carbons (Fsp3) is 0.375. The second-order valence-corrected chi connectivity index (χ2v) is 6.33. The van der Waals surface area contributed by atoms with Gasteiger partial charge in [0.2, 0.25) is 0 Å². The summed E-state index contributed by atoms with van der Waals surface area (Å²) in [6.07, 6.45) is 1.93. The highest BCUT2D eigenvalue weighted by atomic mass is 32.2. The molecule has 0 unspecified atom stereocenters. The van der Waals surface area contributed by atoms with Crippen LogP contribution in [0, 0.1) is 0 Å². The van der Waals surface area contributed by atoms with Crippen molar-refractivity contribution in [3.63, 3.8) is 0 Å². The zero-order chi connectivity index (χ0) is 16.3. The molecule has 0 fully saturated rings. The van der Waals surface area contributed by atoms with E-state index in [0.29, 0.717) is 17.1 Å². The molecule has 0 aromatic heterocycles. The topological polar surface area (TPSA) is 66.8 Å². The van der Waals surface area contributed by atoms with Gasteiger partial charge in [-0.2, -0.15) is 11.8 Å². The van der Waals surface area contributed by atoms with Crippen molar-refractivity contribution in [3.05, 3.63) is 41.7 Å². The molecule has 1 aliphatic rings. The lowest BCUT2D eigenvalue weighted by molar-refractivity contribution is -0.160. The number of aliphatic carboxylic acids is 1. The minimum atomic E-state index is -1.33. The molecular formula is C16H19NO4S. The third-order valence-corrected chi connectivity index (χ3v) is 4.19. The number of carbonyl (C=O) groups is 2. The van der Waals surface area contributed by atoms with Gasteiger partial charge in [0, 0.05) is 0 Å². The summed E-state index contributed by atoms with van der Waals surface area (Å²) in [5, 5.41) is 9.37. The monoisotopic (exact) mass is 321 g/mol. The van der Waals surface area contributed by atoms with Gasteiger partial charge >= 0.3 is 5.97 Å². The number of rotatable bonds is 5. The van der Waals surface area contributed by atoms with Crippen LogP contribution in [0.25, 0.3) is 5.57 Å². The largest absolute Gasteiger partial charge is 0.480 e. The number of carbonyl (C=O) groups excluding carboxylic acids is 1. The summed E-state index contributed by atoms with van der Waals surface area (Å²) >= 11 is 1.55. The molecule has 1 amide bonds. The van der Waals surface area contributed by atoms with Gasteiger partial charge in [0.25, 0.3) is 5.91 Å². The fourth-order valence-corrected chi connectivity index (χ4v) is 2.68. The van der Waals surface area contributed by atoms with Crippen LogP contribution in [0.1, 0.15) is 19.4 Å². The number of amides is 1. The predicted molar refractivity (Wildman–Crippen MR) is 86.3 cm³/mol. The molecular weight excluding hydrogens is 302 g/mol. The molecule has 0 bridgehead atoms. The van der Waals surface area contributed by atoms with Crippen molar-refractivity contribution in [2.75, 3.05) is 18.7 Å². The van der Waals surface area contributed by atoms with E-state index in [2.05, 4.69) is 0 Å². The van der Waals surface area contributed by atoms with Gasteiger partial charge in [-0.1, -0.05) is 30.3 Å². The lowest BCUT2D eigenvalue weighted by atomic mass is 9.97. The van der Waals surface area contributed by atoms with Gasteiger partial charge in [0.05, 0.1) is 11.3 Å². The zero-order valence-corrected chi connectivity index (χ0v) is 13.6. The molecule has 0 spiro atoms. The third kappa shape index (κ3) is 2.97. The summed E-state index contributed by atoms with van der Waals surface area (Å²) in [6, 6.07) is 9.20. The molecule has 1 N–H and O–H groups in total. The predicted octanol–water partition coefficient (Wildman–Crippen LogP) is 2.44. The first-order valence-corrected chi connectivity index (χ1v) is 8.24. The van der Waals surface area contributed by atoms with Crippen molar-refractivity contribution >= 4 is 29.2 Å². The minimum absolute atomic E-state index is 0.0512. The number of hydrogen-bond acceptors (Lipinski definition) is 4. The lowest BCUT2D eigenvalue weighted by Crippen LogP contribution is -2.55. The molecule has 0 saturated carbocycles.